The monoisotopic (exact) mass is 503 g/mol. The molecular weight excluding hydrogens is 470 g/mol. The van der Waals surface area contributed by atoms with Gasteiger partial charge in [0.2, 0.25) is 15.9 Å². The first kappa shape index (κ1) is 26.7. The summed E-state index contributed by atoms with van der Waals surface area (Å²) in [6, 6.07) is 13.7. The molecule has 0 unspecified atom stereocenters. The number of sulfonamides is 1. The SMILES string of the molecule is C[C@@H]1CN([C@H](C)CO)C(=O)c2cc(NC(=O)Cc3ccccc3)ccc2O[C@H]1CN(C)S(C)(=O)=O. The van der Waals surface area contributed by atoms with Crippen molar-refractivity contribution in [3.05, 3.63) is 59.7 Å². The molecule has 2 N–H and O–H groups in total. The average Bonchev–Trinajstić information content (AvgIpc) is 2.81. The van der Waals surface area contributed by atoms with Crippen molar-refractivity contribution in [2.24, 2.45) is 5.92 Å². The molecule has 0 saturated carbocycles. The lowest BCUT2D eigenvalue weighted by Gasteiger charge is -2.38. The predicted molar refractivity (Wildman–Crippen MR) is 134 cm³/mol. The van der Waals surface area contributed by atoms with E-state index in [9.17, 15) is 23.1 Å². The number of nitrogens with one attached hydrogen (secondary N) is 1. The fourth-order valence-electron chi connectivity index (χ4n) is 3.89. The summed E-state index contributed by atoms with van der Waals surface area (Å²) in [5, 5.41) is 12.6. The maximum Gasteiger partial charge on any atom is 0.258 e. The fraction of sp³-hybridized carbons (Fsp3) is 0.440. The first-order valence-electron chi connectivity index (χ1n) is 11.5. The van der Waals surface area contributed by atoms with Gasteiger partial charge in [0, 0.05) is 25.2 Å². The van der Waals surface area contributed by atoms with Crippen molar-refractivity contribution in [3.63, 3.8) is 0 Å². The molecule has 0 aromatic heterocycles. The molecule has 1 heterocycles. The average molecular weight is 504 g/mol. The maximum atomic E-state index is 13.5. The molecule has 190 valence electrons. The standard InChI is InChI=1S/C25H33N3O6S/c1-17-14-28(18(2)16-29)25(31)21-13-20(26-24(30)12-19-8-6-5-7-9-19)10-11-22(21)34-23(17)15-27(3)35(4,32)33/h5-11,13,17-18,23,29H,12,14-16H2,1-4H3,(H,26,30)/t17-,18-,23+/m1/s1. The molecule has 2 aromatic rings. The lowest BCUT2D eigenvalue weighted by Crippen LogP contribution is -2.50. The van der Waals surface area contributed by atoms with Crippen molar-refractivity contribution < 1.29 is 27.9 Å². The van der Waals surface area contributed by atoms with Crippen molar-refractivity contribution in [2.45, 2.75) is 32.4 Å². The van der Waals surface area contributed by atoms with E-state index in [2.05, 4.69) is 5.32 Å². The Morgan fingerprint density at radius 2 is 1.94 bits per heavy atom. The van der Waals surface area contributed by atoms with Gasteiger partial charge in [0.25, 0.3) is 5.91 Å². The molecule has 0 spiro atoms. The summed E-state index contributed by atoms with van der Waals surface area (Å²) in [5.74, 6) is -0.472. The second-order valence-electron chi connectivity index (χ2n) is 9.09. The van der Waals surface area contributed by atoms with E-state index < -0.39 is 22.2 Å². The molecule has 1 aliphatic heterocycles. The number of amides is 2. The number of ether oxygens (including phenoxy) is 1. The molecule has 0 radical (unpaired) electrons. The quantitative estimate of drug-likeness (QED) is 0.569. The van der Waals surface area contributed by atoms with Crippen LogP contribution >= 0.6 is 0 Å². The number of aliphatic hydroxyl groups excluding tert-OH is 1. The molecule has 0 fully saturated rings. The first-order valence-corrected chi connectivity index (χ1v) is 13.3. The number of benzene rings is 2. The van der Waals surface area contributed by atoms with Crippen LogP contribution in [0.25, 0.3) is 0 Å². The van der Waals surface area contributed by atoms with E-state index in [0.717, 1.165) is 11.8 Å². The highest BCUT2D eigenvalue weighted by Crippen LogP contribution is 2.31. The molecule has 2 aromatic carbocycles. The Labute approximate surface area is 206 Å². The highest BCUT2D eigenvalue weighted by Gasteiger charge is 2.34. The smallest absolute Gasteiger partial charge is 0.258 e. The molecule has 0 bridgehead atoms. The molecule has 1 aliphatic rings. The van der Waals surface area contributed by atoms with Gasteiger partial charge in [-0.25, -0.2) is 12.7 Å². The number of carbonyl (C=O) groups excluding carboxylic acids is 2. The van der Waals surface area contributed by atoms with Crippen LogP contribution in [0.4, 0.5) is 5.69 Å². The minimum Gasteiger partial charge on any atom is -0.488 e. The summed E-state index contributed by atoms with van der Waals surface area (Å²) in [5.41, 5.74) is 1.55. The van der Waals surface area contributed by atoms with Gasteiger partial charge >= 0.3 is 0 Å². The summed E-state index contributed by atoms with van der Waals surface area (Å²) >= 11 is 0. The molecular formula is C25H33N3O6S. The van der Waals surface area contributed by atoms with Crippen molar-refractivity contribution in [2.75, 3.05) is 38.3 Å². The molecule has 35 heavy (non-hydrogen) atoms. The largest absolute Gasteiger partial charge is 0.488 e. The van der Waals surface area contributed by atoms with Gasteiger partial charge in [0.05, 0.1) is 37.4 Å². The normalized spacial score (nSPS) is 19.4. The number of carbonyl (C=O) groups is 2. The number of likely N-dealkylation sites (N-methyl/N-ethyl adjacent to an activating group) is 1. The maximum absolute atomic E-state index is 13.5. The zero-order valence-corrected chi connectivity index (χ0v) is 21.3. The minimum absolute atomic E-state index is 0.102. The van der Waals surface area contributed by atoms with E-state index in [1.54, 1.807) is 30.0 Å². The highest BCUT2D eigenvalue weighted by atomic mass is 32.2. The minimum atomic E-state index is -3.43. The Balaban J connectivity index is 1.91. The van der Waals surface area contributed by atoms with Crippen molar-refractivity contribution >= 4 is 27.5 Å². The lowest BCUT2D eigenvalue weighted by molar-refractivity contribution is -0.115. The third-order valence-electron chi connectivity index (χ3n) is 6.16. The number of anilines is 1. The van der Waals surface area contributed by atoms with E-state index in [1.807, 2.05) is 37.3 Å². The van der Waals surface area contributed by atoms with E-state index in [4.69, 9.17) is 4.74 Å². The Morgan fingerprint density at radius 3 is 2.57 bits per heavy atom. The third kappa shape index (κ3) is 6.81. The topological polar surface area (TPSA) is 116 Å². The van der Waals surface area contributed by atoms with Crippen LogP contribution in [0.2, 0.25) is 0 Å². The van der Waals surface area contributed by atoms with Gasteiger partial charge in [-0.2, -0.15) is 0 Å². The van der Waals surface area contributed by atoms with Crippen molar-refractivity contribution in [3.8, 4) is 5.75 Å². The zero-order chi connectivity index (χ0) is 25.8. The van der Waals surface area contributed by atoms with Gasteiger partial charge < -0.3 is 20.1 Å². The van der Waals surface area contributed by atoms with Gasteiger partial charge in [-0.15, -0.1) is 0 Å². The Morgan fingerprint density at radius 1 is 1.26 bits per heavy atom. The second-order valence-corrected chi connectivity index (χ2v) is 11.2. The molecule has 9 nitrogen and oxygen atoms in total. The summed E-state index contributed by atoms with van der Waals surface area (Å²) in [6.45, 7) is 3.78. The van der Waals surface area contributed by atoms with E-state index in [0.29, 0.717) is 11.4 Å². The Kier molecular flexibility index (Phi) is 8.52. The van der Waals surface area contributed by atoms with Crippen molar-refractivity contribution in [1.29, 1.82) is 0 Å². The summed E-state index contributed by atoms with van der Waals surface area (Å²) < 4.78 is 31.4. The van der Waals surface area contributed by atoms with E-state index in [1.165, 1.54) is 11.4 Å². The molecule has 0 aliphatic carbocycles. The van der Waals surface area contributed by atoms with Crippen LogP contribution < -0.4 is 10.1 Å². The van der Waals surface area contributed by atoms with Gasteiger partial charge in [-0.1, -0.05) is 37.3 Å². The highest BCUT2D eigenvalue weighted by molar-refractivity contribution is 7.88. The van der Waals surface area contributed by atoms with Crippen LogP contribution in [0.3, 0.4) is 0 Å². The number of aliphatic hydroxyl groups is 1. The van der Waals surface area contributed by atoms with Crippen LogP contribution in [0.5, 0.6) is 5.75 Å². The molecule has 10 heteroatoms. The lowest BCUT2D eigenvalue weighted by atomic mass is 9.99. The van der Waals surface area contributed by atoms with Crippen molar-refractivity contribution in [1.82, 2.24) is 9.21 Å². The predicted octanol–water partition coefficient (Wildman–Crippen LogP) is 1.98. The number of hydrogen-bond donors (Lipinski definition) is 2. The third-order valence-corrected chi connectivity index (χ3v) is 7.44. The first-order chi connectivity index (χ1) is 16.5. The summed E-state index contributed by atoms with van der Waals surface area (Å²) in [4.78, 5) is 27.6. The molecule has 2 amide bonds. The second kappa shape index (κ2) is 11.2. The van der Waals surface area contributed by atoms with Crippen LogP contribution in [0.1, 0.15) is 29.8 Å². The summed E-state index contributed by atoms with van der Waals surface area (Å²) in [6.07, 6.45) is 0.782. The number of nitrogens with zero attached hydrogens (tertiary/aromatic N) is 2. The fourth-order valence-corrected chi connectivity index (χ4v) is 4.31. The molecule has 3 atom stereocenters. The van der Waals surface area contributed by atoms with Crippen LogP contribution in [-0.4, -0.2) is 79.7 Å². The molecule has 0 saturated heterocycles. The van der Waals surface area contributed by atoms with Gasteiger partial charge in [-0.05, 0) is 30.7 Å². The number of hydrogen-bond acceptors (Lipinski definition) is 6. The Hall–Kier alpha value is -2.95. The van der Waals surface area contributed by atoms with Crippen LogP contribution in [0.15, 0.2) is 48.5 Å². The van der Waals surface area contributed by atoms with E-state index >= 15 is 0 Å². The summed E-state index contributed by atoms with van der Waals surface area (Å²) in [7, 11) is -1.95. The van der Waals surface area contributed by atoms with Gasteiger partial charge in [-0.3, -0.25) is 9.59 Å². The van der Waals surface area contributed by atoms with Crippen LogP contribution in [-0.2, 0) is 21.2 Å². The number of fused-ring (bicyclic) bond motifs is 1. The molecule has 3 rings (SSSR count). The van der Waals surface area contributed by atoms with E-state index in [-0.39, 0.29) is 49.4 Å². The zero-order valence-electron chi connectivity index (χ0n) is 20.5. The van der Waals surface area contributed by atoms with Gasteiger partial charge in [0.1, 0.15) is 11.9 Å². The van der Waals surface area contributed by atoms with Crippen LogP contribution in [0, 0.1) is 5.92 Å². The van der Waals surface area contributed by atoms with Gasteiger partial charge in [0.15, 0.2) is 0 Å². The Bertz CT molecular complexity index is 1160. The number of rotatable bonds is 8.